The maximum absolute atomic E-state index is 10.5. The zero-order chi connectivity index (χ0) is 13.2. The minimum absolute atomic E-state index is 0.0511. The van der Waals surface area contributed by atoms with Gasteiger partial charge < -0.3 is 4.18 Å². The molecule has 0 bridgehead atoms. The predicted molar refractivity (Wildman–Crippen MR) is 69.1 cm³/mol. The quantitative estimate of drug-likeness (QED) is 0.879. The molecule has 2 aromatic carbocycles. The van der Waals surface area contributed by atoms with E-state index >= 15 is 0 Å². The van der Waals surface area contributed by atoms with Crippen molar-refractivity contribution in [3.63, 3.8) is 0 Å². The lowest BCUT2D eigenvalue weighted by Crippen LogP contribution is -2.06. The largest absolute Gasteiger partial charge is 0.446 e. The predicted octanol–water partition coefficient (Wildman–Crippen LogP) is 3.19. The molecule has 0 heterocycles. The summed E-state index contributed by atoms with van der Waals surface area (Å²) in [5.74, 6) is 0.0511. The molecule has 0 unspecified atom stereocenters. The van der Waals surface area contributed by atoms with Gasteiger partial charge in [0.25, 0.3) is 0 Å². The second-order valence-electron chi connectivity index (χ2n) is 3.54. The molecule has 1 N–H and O–H groups in total. The average molecular weight is 285 g/mol. The van der Waals surface area contributed by atoms with E-state index in [1.165, 1.54) is 12.1 Å². The van der Waals surface area contributed by atoms with Gasteiger partial charge in [0.2, 0.25) is 0 Å². The van der Waals surface area contributed by atoms with Crippen LogP contribution >= 0.6 is 11.6 Å². The van der Waals surface area contributed by atoms with Gasteiger partial charge in [0.15, 0.2) is 0 Å². The van der Waals surface area contributed by atoms with Crippen molar-refractivity contribution in [1.82, 2.24) is 0 Å². The summed E-state index contributed by atoms with van der Waals surface area (Å²) in [5.41, 5.74) is 1.83. The second kappa shape index (κ2) is 4.97. The Balaban J connectivity index is 2.25. The van der Waals surface area contributed by atoms with Gasteiger partial charge in [-0.3, -0.25) is 4.55 Å². The molecule has 0 saturated heterocycles. The van der Waals surface area contributed by atoms with E-state index in [1.807, 2.05) is 12.1 Å². The van der Waals surface area contributed by atoms with Gasteiger partial charge in [-0.2, -0.15) is 8.42 Å². The maximum Gasteiger partial charge on any atom is 0.446 e. The zero-order valence-corrected chi connectivity index (χ0v) is 10.6. The van der Waals surface area contributed by atoms with E-state index in [0.717, 1.165) is 11.1 Å². The van der Waals surface area contributed by atoms with Gasteiger partial charge in [0.05, 0.1) is 0 Å². The molecule has 2 aromatic rings. The molecule has 0 aliphatic carbocycles. The third-order valence-electron chi connectivity index (χ3n) is 2.23. The summed E-state index contributed by atoms with van der Waals surface area (Å²) < 4.78 is 33.9. The van der Waals surface area contributed by atoms with Crippen LogP contribution in [0, 0.1) is 0 Å². The Morgan fingerprint density at radius 1 is 0.889 bits per heavy atom. The maximum atomic E-state index is 10.5. The summed E-state index contributed by atoms with van der Waals surface area (Å²) in [5, 5.41) is 0.644. The molecule has 18 heavy (non-hydrogen) atoms. The van der Waals surface area contributed by atoms with Crippen LogP contribution in [0.25, 0.3) is 11.1 Å². The Bertz CT molecular complexity index is 633. The van der Waals surface area contributed by atoms with Crippen molar-refractivity contribution >= 4 is 22.0 Å². The molecular formula is C12H9ClO4S. The van der Waals surface area contributed by atoms with Crippen molar-refractivity contribution in [1.29, 1.82) is 0 Å². The molecule has 94 valence electrons. The first-order valence-corrected chi connectivity index (χ1v) is 6.71. The van der Waals surface area contributed by atoms with Crippen molar-refractivity contribution in [2.45, 2.75) is 0 Å². The lowest BCUT2D eigenvalue weighted by atomic mass is 10.1. The van der Waals surface area contributed by atoms with Crippen LogP contribution in [0.2, 0.25) is 5.02 Å². The fraction of sp³-hybridized carbons (Fsp3) is 0. The summed E-state index contributed by atoms with van der Waals surface area (Å²) in [6.45, 7) is 0. The van der Waals surface area contributed by atoms with E-state index < -0.39 is 10.4 Å². The monoisotopic (exact) mass is 284 g/mol. The molecule has 0 aliphatic heterocycles. The standard InChI is InChI=1S/C12H9ClO4S/c13-11-5-1-9(2-6-11)10-3-7-12(8-4-10)17-18(14,15)16/h1-8H,(H,14,15,16). The molecule has 6 heteroatoms. The van der Waals surface area contributed by atoms with Gasteiger partial charge in [0, 0.05) is 5.02 Å². The van der Waals surface area contributed by atoms with Crippen LogP contribution in [0.15, 0.2) is 48.5 Å². The Morgan fingerprint density at radius 2 is 1.33 bits per heavy atom. The molecular weight excluding hydrogens is 276 g/mol. The van der Waals surface area contributed by atoms with Crippen molar-refractivity contribution < 1.29 is 17.2 Å². The van der Waals surface area contributed by atoms with Gasteiger partial charge in [-0.05, 0) is 35.4 Å². The van der Waals surface area contributed by atoms with Crippen molar-refractivity contribution in [3.8, 4) is 16.9 Å². The lowest BCUT2D eigenvalue weighted by Gasteiger charge is -2.04. The summed E-state index contributed by atoms with van der Waals surface area (Å²) in [6.07, 6.45) is 0. The van der Waals surface area contributed by atoms with Gasteiger partial charge >= 0.3 is 10.4 Å². The van der Waals surface area contributed by atoms with Crippen LogP contribution in [0.5, 0.6) is 5.75 Å². The minimum atomic E-state index is -4.48. The summed E-state index contributed by atoms with van der Waals surface area (Å²) in [4.78, 5) is 0. The molecule has 0 amide bonds. The molecule has 0 spiro atoms. The van der Waals surface area contributed by atoms with E-state index in [1.54, 1.807) is 24.3 Å². The van der Waals surface area contributed by atoms with Crippen molar-refractivity contribution in [3.05, 3.63) is 53.6 Å². The number of benzene rings is 2. The van der Waals surface area contributed by atoms with E-state index in [0.29, 0.717) is 5.02 Å². The van der Waals surface area contributed by atoms with E-state index in [4.69, 9.17) is 16.2 Å². The minimum Gasteiger partial charge on any atom is -0.362 e. The SMILES string of the molecule is O=S(=O)(O)Oc1ccc(-c2ccc(Cl)cc2)cc1. The zero-order valence-electron chi connectivity index (χ0n) is 9.08. The fourth-order valence-electron chi connectivity index (χ4n) is 1.47. The summed E-state index contributed by atoms with van der Waals surface area (Å²) in [7, 11) is -4.48. The normalized spacial score (nSPS) is 11.2. The smallest absolute Gasteiger partial charge is 0.362 e. The average Bonchev–Trinajstić information content (AvgIpc) is 2.29. The molecule has 0 radical (unpaired) electrons. The Morgan fingerprint density at radius 3 is 1.78 bits per heavy atom. The van der Waals surface area contributed by atoms with Gasteiger partial charge in [-0.25, -0.2) is 0 Å². The topological polar surface area (TPSA) is 63.6 Å². The van der Waals surface area contributed by atoms with E-state index in [2.05, 4.69) is 4.18 Å². The van der Waals surface area contributed by atoms with Gasteiger partial charge in [-0.15, -0.1) is 0 Å². The van der Waals surface area contributed by atoms with Crippen LogP contribution in [0.1, 0.15) is 0 Å². The highest BCUT2D eigenvalue weighted by Crippen LogP contribution is 2.24. The van der Waals surface area contributed by atoms with Crippen molar-refractivity contribution in [2.24, 2.45) is 0 Å². The summed E-state index contributed by atoms with van der Waals surface area (Å²) in [6, 6.07) is 13.5. The van der Waals surface area contributed by atoms with E-state index in [-0.39, 0.29) is 5.75 Å². The molecule has 0 fully saturated rings. The molecule has 0 aromatic heterocycles. The van der Waals surface area contributed by atoms with Crippen LogP contribution < -0.4 is 4.18 Å². The molecule has 4 nitrogen and oxygen atoms in total. The third-order valence-corrected chi connectivity index (χ3v) is 2.89. The molecule has 0 aliphatic rings. The first-order valence-electron chi connectivity index (χ1n) is 4.97. The number of rotatable bonds is 3. The van der Waals surface area contributed by atoms with Gasteiger partial charge in [0.1, 0.15) is 5.75 Å². The number of hydrogen-bond acceptors (Lipinski definition) is 3. The highest BCUT2D eigenvalue weighted by molar-refractivity contribution is 7.81. The molecule has 0 saturated carbocycles. The van der Waals surface area contributed by atoms with Crippen LogP contribution in [0.3, 0.4) is 0 Å². The van der Waals surface area contributed by atoms with Gasteiger partial charge in [-0.1, -0.05) is 35.9 Å². The first kappa shape index (κ1) is 12.9. The lowest BCUT2D eigenvalue weighted by molar-refractivity contribution is 0.387. The number of hydrogen-bond donors (Lipinski definition) is 1. The first-order chi connectivity index (χ1) is 8.44. The van der Waals surface area contributed by atoms with Crippen LogP contribution in [-0.4, -0.2) is 13.0 Å². The summed E-state index contributed by atoms with van der Waals surface area (Å²) >= 11 is 5.78. The molecule has 2 rings (SSSR count). The molecule has 0 atom stereocenters. The Labute approximate surface area is 110 Å². The highest BCUT2D eigenvalue weighted by atomic mass is 35.5. The van der Waals surface area contributed by atoms with Crippen LogP contribution in [0.4, 0.5) is 0 Å². The second-order valence-corrected chi connectivity index (χ2v) is 5.00. The van der Waals surface area contributed by atoms with Crippen molar-refractivity contribution in [2.75, 3.05) is 0 Å². The highest BCUT2D eigenvalue weighted by Gasteiger charge is 2.06. The third kappa shape index (κ3) is 3.46. The fourth-order valence-corrected chi connectivity index (χ4v) is 1.95. The van der Waals surface area contributed by atoms with E-state index in [9.17, 15) is 8.42 Å². The van der Waals surface area contributed by atoms with Crippen LogP contribution in [-0.2, 0) is 10.4 Å². The Hall–Kier alpha value is -1.56. The Kier molecular flexibility index (Phi) is 3.56. The number of halogens is 1.